The van der Waals surface area contributed by atoms with Gasteiger partial charge in [-0.2, -0.15) is 4.98 Å². The normalized spacial score (nSPS) is 18.4. The predicted octanol–water partition coefficient (Wildman–Crippen LogP) is 3.56. The van der Waals surface area contributed by atoms with Gasteiger partial charge >= 0.3 is 0 Å². The van der Waals surface area contributed by atoms with Crippen LogP contribution in [0, 0.1) is 0 Å². The van der Waals surface area contributed by atoms with Crippen molar-refractivity contribution in [3.8, 4) is 22.7 Å². The maximum absolute atomic E-state index is 7.64. The Labute approximate surface area is 133 Å². The second-order valence-electron chi connectivity index (χ2n) is 5.69. The third-order valence-corrected chi connectivity index (χ3v) is 4.08. The molecule has 6 nitrogen and oxygen atoms in total. The van der Waals surface area contributed by atoms with Crippen molar-refractivity contribution in [1.82, 2.24) is 20.1 Å². The van der Waals surface area contributed by atoms with E-state index in [4.69, 9.17) is 10.4 Å². The van der Waals surface area contributed by atoms with Crippen molar-refractivity contribution < 1.29 is 4.52 Å². The number of hydrogen-bond donors (Lipinski definition) is 0. The number of nitrogens with one attached hydrogen (secondary N) is 1. The molecule has 23 heavy (non-hydrogen) atoms. The number of pyridine rings is 1. The van der Waals surface area contributed by atoms with Crippen molar-refractivity contribution in [3.05, 3.63) is 60.3 Å². The second kappa shape index (κ2) is 5.91. The number of hydrogen-bond acceptors (Lipinski definition) is 5. The Morgan fingerprint density at radius 3 is 2.78 bits per heavy atom. The van der Waals surface area contributed by atoms with Crippen molar-refractivity contribution >= 4 is 0 Å². The van der Waals surface area contributed by atoms with Gasteiger partial charge in [-0.15, -0.1) is 0 Å². The number of rotatable bonds is 3. The van der Waals surface area contributed by atoms with E-state index in [0.29, 0.717) is 24.0 Å². The zero-order chi connectivity index (χ0) is 15.6. The van der Waals surface area contributed by atoms with Gasteiger partial charge in [0.1, 0.15) is 5.69 Å². The number of nitrogens with zero attached hydrogens (tertiary/aromatic N) is 4. The number of benzene rings is 1. The molecule has 1 saturated heterocycles. The van der Waals surface area contributed by atoms with E-state index in [9.17, 15) is 0 Å². The lowest BCUT2D eigenvalue weighted by molar-refractivity contribution is 0.411. The summed E-state index contributed by atoms with van der Waals surface area (Å²) in [6.07, 6.45) is 2.64. The van der Waals surface area contributed by atoms with Gasteiger partial charge in [-0.1, -0.05) is 35.5 Å². The Balaban J connectivity index is 1.63. The van der Waals surface area contributed by atoms with Gasteiger partial charge in [0, 0.05) is 12.1 Å². The summed E-state index contributed by atoms with van der Waals surface area (Å²) in [6.45, 7) is 1.40. The second-order valence-corrected chi connectivity index (χ2v) is 5.69. The van der Waals surface area contributed by atoms with Crippen LogP contribution in [0.5, 0.6) is 0 Å². The summed E-state index contributed by atoms with van der Waals surface area (Å²) < 4.78 is 5.39. The molecule has 0 amide bonds. The van der Waals surface area contributed by atoms with E-state index in [-0.39, 0.29) is 5.92 Å². The van der Waals surface area contributed by atoms with Gasteiger partial charge in [0.2, 0.25) is 0 Å². The highest BCUT2D eigenvalue weighted by Crippen LogP contribution is 2.28. The molecule has 3 aromatic rings. The molecule has 0 saturated carbocycles. The fourth-order valence-electron chi connectivity index (χ4n) is 2.83. The molecule has 0 radical (unpaired) electrons. The third kappa shape index (κ3) is 2.86. The van der Waals surface area contributed by atoms with Gasteiger partial charge in [0.25, 0.3) is 5.89 Å². The molecule has 3 heterocycles. The monoisotopic (exact) mass is 306 g/mol. The Morgan fingerprint density at radius 1 is 1.13 bits per heavy atom. The molecule has 116 valence electrons. The van der Waals surface area contributed by atoms with E-state index in [2.05, 4.69) is 27.3 Å². The molecular formula is C17H16N5O-. The maximum Gasteiger partial charge on any atom is 0.276 e. The first kappa shape index (κ1) is 14.0. The van der Waals surface area contributed by atoms with Crippen molar-refractivity contribution in [1.29, 1.82) is 0 Å². The molecule has 1 aliphatic heterocycles. The Bertz CT molecular complexity index is 802. The van der Waals surface area contributed by atoms with Crippen molar-refractivity contribution in [2.45, 2.75) is 12.3 Å². The van der Waals surface area contributed by atoms with E-state index < -0.39 is 0 Å². The third-order valence-electron chi connectivity index (χ3n) is 4.08. The lowest BCUT2D eigenvalue weighted by Crippen LogP contribution is -2.09. The van der Waals surface area contributed by atoms with Gasteiger partial charge in [-0.25, -0.2) is 0 Å². The zero-order valence-corrected chi connectivity index (χ0v) is 12.5. The molecule has 0 aliphatic carbocycles. The number of aromatic nitrogens is 3. The molecule has 6 heteroatoms. The van der Waals surface area contributed by atoms with Crippen LogP contribution in [-0.4, -0.2) is 33.2 Å². The van der Waals surface area contributed by atoms with E-state index in [1.807, 2.05) is 30.3 Å². The van der Waals surface area contributed by atoms with Crippen LogP contribution in [0.4, 0.5) is 0 Å². The van der Waals surface area contributed by atoms with E-state index in [0.717, 1.165) is 24.1 Å². The largest absolute Gasteiger partial charge is 0.610 e. The van der Waals surface area contributed by atoms with E-state index in [1.54, 1.807) is 6.20 Å². The average Bonchev–Trinajstić information content (AvgIpc) is 3.25. The highest BCUT2D eigenvalue weighted by atomic mass is 16.5. The topological polar surface area (TPSA) is 78.9 Å². The summed E-state index contributed by atoms with van der Waals surface area (Å²) in [6, 6.07) is 14.0. The minimum Gasteiger partial charge on any atom is -0.610 e. The fourth-order valence-corrected chi connectivity index (χ4v) is 2.83. The summed E-state index contributed by atoms with van der Waals surface area (Å²) in [7, 11) is 0. The average molecular weight is 306 g/mol. The fraction of sp³-hybridized carbons (Fsp3) is 0.235. The SMILES string of the molecule is [NH-]N1CC[C@@H](c2noc(-c3cc(-c4ccccc4)ccn3)n2)C1. The molecule has 1 atom stereocenters. The highest BCUT2D eigenvalue weighted by Gasteiger charge is 2.24. The highest BCUT2D eigenvalue weighted by molar-refractivity contribution is 5.67. The van der Waals surface area contributed by atoms with Crippen LogP contribution in [-0.2, 0) is 0 Å². The quantitative estimate of drug-likeness (QED) is 0.739. The predicted molar refractivity (Wildman–Crippen MR) is 86.2 cm³/mol. The molecule has 0 unspecified atom stereocenters. The van der Waals surface area contributed by atoms with Gasteiger partial charge in [0.15, 0.2) is 5.82 Å². The maximum atomic E-state index is 7.64. The summed E-state index contributed by atoms with van der Waals surface area (Å²) >= 11 is 0. The van der Waals surface area contributed by atoms with Gasteiger partial charge in [0.05, 0.1) is 0 Å². The summed E-state index contributed by atoms with van der Waals surface area (Å²) in [5.74, 6) is 8.91. The molecule has 0 bridgehead atoms. The first-order valence-corrected chi connectivity index (χ1v) is 7.61. The molecule has 1 fully saturated rings. The van der Waals surface area contributed by atoms with Crippen molar-refractivity contribution in [2.75, 3.05) is 13.1 Å². The summed E-state index contributed by atoms with van der Waals surface area (Å²) in [5.41, 5.74) is 2.86. The van der Waals surface area contributed by atoms with Crippen molar-refractivity contribution in [3.63, 3.8) is 0 Å². The standard InChI is InChI=1S/C17H16N5O/c18-22-9-7-14(11-22)16-20-17(23-21-16)15-10-13(6-8-19-15)12-4-2-1-3-5-12/h1-6,8,10,14,18H,7,9,11H2/q-1/t14-/m1/s1. The van der Waals surface area contributed by atoms with Crippen LogP contribution < -0.4 is 0 Å². The van der Waals surface area contributed by atoms with Crippen LogP contribution in [0.3, 0.4) is 0 Å². The van der Waals surface area contributed by atoms with E-state index in [1.165, 1.54) is 5.01 Å². The lowest BCUT2D eigenvalue weighted by atomic mass is 10.1. The van der Waals surface area contributed by atoms with Gasteiger partial charge in [-0.3, -0.25) is 4.98 Å². The smallest absolute Gasteiger partial charge is 0.276 e. The molecule has 0 spiro atoms. The molecule has 1 N–H and O–H groups in total. The van der Waals surface area contributed by atoms with Crippen LogP contribution >= 0.6 is 0 Å². The van der Waals surface area contributed by atoms with Gasteiger partial charge in [-0.05, 0) is 42.8 Å². The van der Waals surface area contributed by atoms with Crippen LogP contribution in [0.2, 0.25) is 0 Å². The minimum atomic E-state index is 0.169. The van der Waals surface area contributed by atoms with E-state index >= 15 is 0 Å². The summed E-state index contributed by atoms with van der Waals surface area (Å²) in [4.78, 5) is 8.83. The zero-order valence-electron chi connectivity index (χ0n) is 12.5. The Hall–Kier alpha value is -2.57. The molecular weight excluding hydrogens is 290 g/mol. The Morgan fingerprint density at radius 2 is 2.00 bits per heavy atom. The van der Waals surface area contributed by atoms with Crippen LogP contribution in [0.25, 0.3) is 28.6 Å². The minimum absolute atomic E-state index is 0.169. The molecule has 1 aromatic carbocycles. The first-order valence-electron chi connectivity index (χ1n) is 7.61. The van der Waals surface area contributed by atoms with Crippen LogP contribution in [0.15, 0.2) is 53.2 Å². The van der Waals surface area contributed by atoms with Crippen molar-refractivity contribution in [2.24, 2.45) is 0 Å². The summed E-state index contributed by atoms with van der Waals surface area (Å²) in [5, 5.41) is 5.61. The lowest BCUT2D eigenvalue weighted by Gasteiger charge is -2.17. The molecule has 2 aromatic heterocycles. The van der Waals surface area contributed by atoms with Crippen LogP contribution in [0.1, 0.15) is 18.2 Å². The Kier molecular flexibility index (Phi) is 3.61. The first-order chi connectivity index (χ1) is 11.3. The molecule has 4 rings (SSSR count). The van der Waals surface area contributed by atoms with Gasteiger partial charge < -0.3 is 15.4 Å². The molecule has 1 aliphatic rings.